The standard InChI is InChI=1S/C22H30N2O2S/c1-4-6-20-16(5-2)15-21(27-20)22(25)23-17-11-13-24(14-12-17)18-7-9-19(26-3)10-8-18/h7-10,15,17H,4-6,11-14H2,1-3H3,(H,23,25). The lowest BCUT2D eigenvalue weighted by Gasteiger charge is -2.34. The highest BCUT2D eigenvalue weighted by molar-refractivity contribution is 7.14. The molecule has 2 heterocycles. The first-order chi connectivity index (χ1) is 13.1. The Balaban J connectivity index is 1.54. The second-order valence-electron chi connectivity index (χ2n) is 7.10. The molecule has 0 atom stereocenters. The van der Waals surface area contributed by atoms with Crippen LogP contribution in [-0.4, -0.2) is 32.1 Å². The van der Waals surface area contributed by atoms with Crippen LogP contribution in [0.15, 0.2) is 30.3 Å². The molecule has 5 heteroatoms. The van der Waals surface area contributed by atoms with E-state index in [-0.39, 0.29) is 11.9 Å². The zero-order chi connectivity index (χ0) is 19.2. The van der Waals surface area contributed by atoms with Crippen LogP contribution < -0.4 is 15.0 Å². The maximum Gasteiger partial charge on any atom is 0.261 e. The van der Waals surface area contributed by atoms with Crippen molar-refractivity contribution in [1.29, 1.82) is 0 Å². The summed E-state index contributed by atoms with van der Waals surface area (Å²) >= 11 is 1.67. The Morgan fingerprint density at radius 3 is 2.52 bits per heavy atom. The zero-order valence-corrected chi connectivity index (χ0v) is 17.4. The van der Waals surface area contributed by atoms with E-state index in [9.17, 15) is 4.79 Å². The Labute approximate surface area is 166 Å². The van der Waals surface area contributed by atoms with Crippen molar-refractivity contribution in [1.82, 2.24) is 5.32 Å². The van der Waals surface area contributed by atoms with Gasteiger partial charge in [0.05, 0.1) is 12.0 Å². The molecule has 1 aliphatic rings. The monoisotopic (exact) mass is 386 g/mol. The summed E-state index contributed by atoms with van der Waals surface area (Å²) in [4.78, 5) is 17.3. The molecule has 1 fully saturated rings. The highest BCUT2D eigenvalue weighted by Crippen LogP contribution is 2.26. The number of ether oxygens (including phenoxy) is 1. The van der Waals surface area contributed by atoms with Crippen LogP contribution in [0.2, 0.25) is 0 Å². The van der Waals surface area contributed by atoms with E-state index < -0.39 is 0 Å². The SMILES string of the molecule is CCCc1sc(C(=O)NC2CCN(c3ccc(OC)cc3)CC2)cc1CC. The molecule has 1 aromatic carbocycles. The maximum atomic E-state index is 12.7. The topological polar surface area (TPSA) is 41.6 Å². The Kier molecular flexibility index (Phi) is 6.78. The second kappa shape index (κ2) is 9.27. The molecule has 1 aromatic heterocycles. The number of anilines is 1. The molecule has 0 bridgehead atoms. The van der Waals surface area contributed by atoms with Crippen LogP contribution in [0.5, 0.6) is 5.75 Å². The summed E-state index contributed by atoms with van der Waals surface area (Å²) in [5.41, 5.74) is 2.55. The van der Waals surface area contributed by atoms with E-state index in [4.69, 9.17) is 4.74 Å². The average Bonchev–Trinajstić information content (AvgIpc) is 3.12. The van der Waals surface area contributed by atoms with Gasteiger partial charge in [-0.3, -0.25) is 4.79 Å². The lowest BCUT2D eigenvalue weighted by Crippen LogP contribution is -2.44. The van der Waals surface area contributed by atoms with Crippen molar-refractivity contribution in [3.8, 4) is 5.75 Å². The van der Waals surface area contributed by atoms with Crippen molar-refractivity contribution < 1.29 is 9.53 Å². The number of thiophene rings is 1. The third-order valence-electron chi connectivity index (χ3n) is 5.25. The summed E-state index contributed by atoms with van der Waals surface area (Å²) in [6, 6.07) is 10.6. The molecule has 4 nitrogen and oxygen atoms in total. The highest BCUT2D eigenvalue weighted by atomic mass is 32.1. The molecule has 0 saturated carbocycles. The van der Waals surface area contributed by atoms with Crippen LogP contribution in [0.1, 0.15) is 53.2 Å². The fourth-order valence-electron chi connectivity index (χ4n) is 3.65. The lowest BCUT2D eigenvalue weighted by atomic mass is 10.0. The number of benzene rings is 1. The molecule has 1 aliphatic heterocycles. The van der Waals surface area contributed by atoms with Gasteiger partial charge in [0.15, 0.2) is 0 Å². The van der Waals surface area contributed by atoms with Gasteiger partial charge in [0.25, 0.3) is 5.91 Å². The summed E-state index contributed by atoms with van der Waals surface area (Å²) < 4.78 is 5.23. The van der Waals surface area contributed by atoms with Gasteiger partial charge in [-0.25, -0.2) is 0 Å². The van der Waals surface area contributed by atoms with E-state index in [2.05, 4.69) is 42.3 Å². The van der Waals surface area contributed by atoms with Crippen molar-refractivity contribution in [2.24, 2.45) is 0 Å². The number of rotatable bonds is 7. The van der Waals surface area contributed by atoms with E-state index in [1.807, 2.05) is 12.1 Å². The number of carbonyl (C=O) groups is 1. The molecule has 3 rings (SSSR count). The summed E-state index contributed by atoms with van der Waals surface area (Å²) in [6.45, 7) is 6.28. The van der Waals surface area contributed by atoms with Crippen molar-refractivity contribution >= 4 is 22.9 Å². The number of carbonyl (C=O) groups excluding carboxylic acids is 1. The van der Waals surface area contributed by atoms with Gasteiger partial charge in [-0.2, -0.15) is 0 Å². The molecule has 0 spiro atoms. The quantitative estimate of drug-likeness (QED) is 0.752. The third kappa shape index (κ3) is 4.83. The van der Waals surface area contributed by atoms with Crippen LogP contribution in [0.3, 0.4) is 0 Å². The molecule has 27 heavy (non-hydrogen) atoms. The van der Waals surface area contributed by atoms with Crippen LogP contribution in [0.25, 0.3) is 0 Å². The van der Waals surface area contributed by atoms with E-state index in [1.165, 1.54) is 16.1 Å². The minimum absolute atomic E-state index is 0.0972. The molecule has 1 N–H and O–H groups in total. The van der Waals surface area contributed by atoms with Gasteiger partial charge in [0.1, 0.15) is 5.75 Å². The first-order valence-corrected chi connectivity index (χ1v) is 10.8. The lowest BCUT2D eigenvalue weighted by molar-refractivity contribution is 0.0935. The van der Waals surface area contributed by atoms with E-state index in [1.54, 1.807) is 18.4 Å². The normalized spacial score (nSPS) is 15.0. The highest BCUT2D eigenvalue weighted by Gasteiger charge is 2.22. The van der Waals surface area contributed by atoms with Crippen molar-refractivity contribution in [2.45, 2.75) is 52.0 Å². The van der Waals surface area contributed by atoms with E-state index >= 15 is 0 Å². The number of hydrogen-bond donors (Lipinski definition) is 1. The molecule has 2 aromatic rings. The Bertz CT molecular complexity index is 746. The molecule has 0 aliphatic carbocycles. The zero-order valence-electron chi connectivity index (χ0n) is 16.6. The first-order valence-electron chi connectivity index (χ1n) is 9.96. The molecule has 0 unspecified atom stereocenters. The fraction of sp³-hybridized carbons (Fsp3) is 0.500. The van der Waals surface area contributed by atoms with E-state index in [0.29, 0.717) is 0 Å². The van der Waals surface area contributed by atoms with Crippen LogP contribution in [-0.2, 0) is 12.8 Å². The number of methoxy groups -OCH3 is 1. The number of amides is 1. The molecule has 1 saturated heterocycles. The Morgan fingerprint density at radius 2 is 1.93 bits per heavy atom. The minimum Gasteiger partial charge on any atom is -0.497 e. The van der Waals surface area contributed by atoms with Crippen LogP contribution in [0.4, 0.5) is 5.69 Å². The first kappa shape index (κ1) is 19.7. The third-order valence-corrected chi connectivity index (χ3v) is 6.48. The fourth-order valence-corrected chi connectivity index (χ4v) is 4.91. The predicted molar refractivity (Wildman–Crippen MR) is 113 cm³/mol. The van der Waals surface area contributed by atoms with E-state index in [0.717, 1.165) is 55.8 Å². The van der Waals surface area contributed by atoms with Crippen molar-refractivity contribution in [3.63, 3.8) is 0 Å². The Morgan fingerprint density at radius 1 is 1.22 bits per heavy atom. The minimum atomic E-state index is 0.0972. The van der Waals surface area contributed by atoms with Crippen molar-refractivity contribution in [2.75, 3.05) is 25.1 Å². The summed E-state index contributed by atoms with van der Waals surface area (Å²) in [6.07, 6.45) is 5.15. The maximum absolute atomic E-state index is 12.7. The van der Waals surface area contributed by atoms with Crippen LogP contribution in [0, 0.1) is 0 Å². The summed E-state index contributed by atoms with van der Waals surface area (Å²) in [7, 11) is 1.69. The van der Waals surface area contributed by atoms with Crippen LogP contribution >= 0.6 is 11.3 Å². The van der Waals surface area contributed by atoms with Gasteiger partial charge < -0.3 is 15.0 Å². The summed E-state index contributed by atoms with van der Waals surface area (Å²) in [5.74, 6) is 0.977. The number of nitrogens with zero attached hydrogens (tertiary/aromatic N) is 1. The smallest absolute Gasteiger partial charge is 0.261 e. The molecule has 146 valence electrons. The molecule has 0 radical (unpaired) electrons. The Hall–Kier alpha value is -2.01. The largest absolute Gasteiger partial charge is 0.497 e. The average molecular weight is 387 g/mol. The molecular formula is C22H30N2O2S. The number of nitrogens with one attached hydrogen (secondary N) is 1. The summed E-state index contributed by atoms with van der Waals surface area (Å²) in [5, 5.41) is 3.26. The number of piperidine rings is 1. The second-order valence-corrected chi connectivity index (χ2v) is 8.23. The van der Waals surface area contributed by atoms with Gasteiger partial charge in [0, 0.05) is 29.7 Å². The van der Waals surface area contributed by atoms with Gasteiger partial charge in [-0.15, -0.1) is 11.3 Å². The van der Waals surface area contributed by atoms with Gasteiger partial charge in [-0.05, 0) is 61.6 Å². The van der Waals surface area contributed by atoms with Crippen molar-refractivity contribution in [3.05, 3.63) is 45.6 Å². The number of hydrogen-bond acceptors (Lipinski definition) is 4. The van der Waals surface area contributed by atoms with Gasteiger partial charge in [0.2, 0.25) is 0 Å². The predicted octanol–water partition coefficient (Wildman–Crippen LogP) is 4.67. The van der Waals surface area contributed by atoms with Gasteiger partial charge in [-0.1, -0.05) is 20.3 Å². The van der Waals surface area contributed by atoms with Gasteiger partial charge >= 0.3 is 0 Å². The molecule has 1 amide bonds. The molecular weight excluding hydrogens is 356 g/mol. The number of aryl methyl sites for hydroxylation is 2.